The quantitative estimate of drug-likeness (QED) is 0.619. The highest BCUT2D eigenvalue weighted by molar-refractivity contribution is 5.56. The number of benzene rings is 1. The van der Waals surface area contributed by atoms with Crippen LogP contribution in [0.1, 0.15) is 11.1 Å². The molecule has 1 nitrogen and oxygen atoms in total. The van der Waals surface area contributed by atoms with Gasteiger partial charge in [0.25, 0.3) is 0 Å². The molecule has 0 amide bonds. The molecule has 1 heteroatoms. The van der Waals surface area contributed by atoms with Crippen molar-refractivity contribution in [3.63, 3.8) is 0 Å². The van der Waals surface area contributed by atoms with E-state index in [1.807, 2.05) is 31.2 Å². The lowest BCUT2D eigenvalue weighted by molar-refractivity contribution is 1.45. The molecule has 0 aromatic heterocycles. The normalized spacial score (nSPS) is 10.8. The molecule has 0 unspecified atom stereocenters. The van der Waals surface area contributed by atoms with Crippen molar-refractivity contribution in [2.24, 2.45) is 5.73 Å². The third-order valence-electron chi connectivity index (χ3n) is 1.57. The molecule has 1 aromatic rings. The van der Waals surface area contributed by atoms with E-state index in [4.69, 9.17) is 12.2 Å². The number of aryl methyl sites for hydroxylation is 1. The van der Waals surface area contributed by atoms with Gasteiger partial charge in [-0.05, 0) is 18.6 Å². The Hall–Kier alpha value is -1.68. The Balaban J connectivity index is 2.93. The van der Waals surface area contributed by atoms with Gasteiger partial charge in [-0.1, -0.05) is 35.7 Å². The summed E-state index contributed by atoms with van der Waals surface area (Å²) in [6, 6.07) is 8.02. The second-order valence-electron chi connectivity index (χ2n) is 2.65. The molecule has 0 fully saturated rings. The van der Waals surface area contributed by atoms with Crippen LogP contribution < -0.4 is 5.73 Å². The monoisotopic (exact) mass is 157 g/mol. The van der Waals surface area contributed by atoms with E-state index in [0.717, 1.165) is 5.56 Å². The predicted octanol–water partition coefficient (Wildman–Crippen LogP) is 1.93. The molecule has 0 aliphatic carbocycles. The van der Waals surface area contributed by atoms with Crippen molar-refractivity contribution in [1.29, 1.82) is 0 Å². The van der Waals surface area contributed by atoms with Gasteiger partial charge in [0.05, 0.1) is 5.70 Å². The van der Waals surface area contributed by atoms with Crippen molar-refractivity contribution in [2.45, 2.75) is 6.92 Å². The summed E-state index contributed by atoms with van der Waals surface area (Å²) in [6.07, 6.45) is 6.88. The summed E-state index contributed by atoms with van der Waals surface area (Å²) in [4.78, 5) is 0. The van der Waals surface area contributed by atoms with Crippen LogP contribution in [0.15, 0.2) is 30.0 Å². The second-order valence-corrected chi connectivity index (χ2v) is 2.65. The number of allylic oxidation sites excluding steroid dienone is 1. The Morgan fingerprint density at radius 3 is 2.50 bits per heavy atom. The molecule has 1 aromatic carbocycles. The fourth-order valence-electron chi connectivity index (χ4n) is 0.884. The van der Waals surface area contributed by atoms with E-state index < -0.39 is 0 Å². The van der Waals surface area contributed by atoms with Crippen LogP contribution in [0, 0.1) is 19.3 Å². The van der Waals surface area contributed by atoms with E-state index in [1.165, 1.54) is 5.56 Å². The van der Waals surface area contributed by atoms with Gasteiger partial charge < -0.3 is 5.73 Å². The lowest BCUT2D eigenvalue weighted by Crippen LogP contribution is -1.91. The Morgan fingerprint density at radius 1 is 1.42 bits per heavy atom. The summed E-state index contributed by atoms with van der Waals surface area (Å²) >= 11 is 0. The number of terminal acetylenes is 1. The predicted molar refractivity (Wildman–Crippen MR) is 52.2 cm³/mol. The van der Waals surface area contributed by atoms with Crippen LogP contribution >= 0.6 is 0 Å². The van der Waals surface area contributed by atoms with Crippen molar-refractivity contribution in [3.05, 3.63) is 41.1 Å². The number of hydrogen-bond acceptors (Lipinski definition) is 1. The van der Waals surface area contributed by atoms with Crippen LogP contribution in [0.3, 0.4) is 0 Å². The summed E-state index contributed by atoms with van der Waals surface area (Å²) in [6.45, 7) is 2.04. The van der Waals surface area contributed by atoms with E-state index in [1.54, 1.807) is 6.08 Å². The van der Waals surface area contributed by atoms with E-state index in [2.05, 4.69) is 5.92 Å². The first kappa shape index (κ1) is 8.42. The molecule has 0 radical (unpaired) electrons. The van der Waals surface area contributed by atoms with Crippen LogP contribution in [0.4, 0.5) is 0 Å². The van der Waals surface area contributed by atoms with Crippen LogP contribution in [-0.2, 0) is 0 Å². The van der Waals surface area contributed by atoms with E-state index in [0.29, 0.717) is 5.70 Å². The molecule has 0 aliphatic rings. The first-order valence-corrected chi connectivity index (χ1v) is 3.73. The Kier molecular flexibility index (Phi) is 2.55. The average Bonchev–Trinajstić information content (AvgIpc) is 2.09. The van der Waals surface area contributed by atoms with Crippen molar-refractivity contribution < 1.29 is 0 Å². The van der Waals surface area contributed by atoms with Gasteiger partial charge in [0.1, 0.15) is 0 Å². The van der Waals surface area contributed by atoms with E-state index in [-0.39, 0.29) is 0 Å². The second kappa shape index (κ2) is 3.64. The zero-order valence-corrected chi connectivity index (χ0v) is 7.04. The summed E-state index contributed by atoms with van der Waals surface area (Å²) in [7, 11) is 0. The minimum absolute atomic E-state index is 0.457. The van der Waals surface area contributed by atoms with Crippen LogP contribution in [-0.4, -0.2) is 0 Å². The van der Waals surface area contributed by atoms with Gasteiger partial charge in [-0.25, -0.2) is 0 Å². The highest BCUT2D eigenvalue weighted by Gasteiger charge is 1.87. The van der Waals surface area contributed by atoms with E-state index in [9.17, 15) is 0 Å². The van der Waals surface area contributed by atoms with Crippen LogP contribution in [0.2, 0.25) is 0 Å². The topological polar surface area (TPSA) is 26.0 Å². The third kappa shape index (κ3) is 2.17. The highest BCUT2D eigenvalue weighted by Crippen LogP contribution is 2.05. The van der Waals surface area contributed by atoms with Crippen molar-refractivity contribution in [3.8, 4) is 12.3 Å². The number of rotatable bonds is 1. The van der Waals surface area contributed by atoms with Gasteiger partial charge in [-0.3, -0.25) is 0 Å². The molecule has 1 rings (SSSR count). The van der Waals surface area contributed by atoms with Gasteiger partial charge in [0.2, 0.25) is 0 Å². The molecule has 0 atom stereocenters. The van der Waals surface area contributed by atoms with E-state index >= 15 is 0 Å². The molecule has 0 heterocycles. The van der Waals surface area contributed by atoms with Crippen molar-refractivity contribution in [1.82, 2.24) is 0 Å². The molecular formula is C11H11N. The lowest BCUT2D eigenvalue weighted by atomic mass is 10.1. The molecule has 0 saturated heterocycles. The Bertz CT molecular complexity index is 325. The smallest absolute Gasteiger partial charge is 0.0830 e. The molecular weight excluding hydrogens is 146 g/mol. The van der Waals surface area contributed by atoms with Gasteiger partial charge in [-0.15, -0.1) is 6.42 Å². The highest BCUT2D eigenvalue weighted by atomic mass is 14.5. The van der Waals surface area contributed by atoms with Crippen molar-refractivity contribution in [2.75, 3.05) is 0 Å². The summed E-state index contributed by atoms with van der Waals surface area (Å²) in [5.41, 5.74) is 8.19. The molecule has 12 heavy (non-hydrogen) atoms. The van der Waals surface area contributed by atoms with Crippen LogP contribution in [0.5, 0.6) is 0 Å². The molecule has 0 saturated carbocycles. The lowest BCUT2D eigenvalue weighted by Gasteiger charge is -1.94. The molecule has 0 spiro atoms. The largest absolute Gasteiger partial charge is 0.392 e. The maximum atomic E-state index is 5.47. The minimum atomic E-state index is 0.457. The average molecular weight is 157 g/mol. The van der Waals surface area contributed by atoms with Gasteiger partial charge in [0, 0.05) is 0 Å². The van der Waals surface area contributed by atoms with Crippen LogP contribution in [0.25, 0.3) is 6.08 Å². The zero-order valence-electron chi connectivity index (χ0n) is 7.04. The maximum Gasteiger partial charge on any atom is 0.0830 e. The fourth-order valence-corrected chi connectivity index (χ4v) is 0.884. The number of nitrogens with two attached hydrogens (primary N) is 1. The standard InChI is InChI=1S/C11H11N/c1-3-11(12)8-10-6-4-9(2)5-7-10/h1,4-8H,12H2,2H3/b11-8+. The maximum absolute atomic E-state index is 5.47. The first-order valence-electron chi connectivity index (χ1n) is 3.73. The summed E-state index contributed by atoms with van der Waals surface area (Å²) < 4.78 is 0. The molecule has 0 aliphatic heterocycles. The zero-order chi connectivity index (χ0) is 8.97. The van der Waals surface area contributed by atoms with Gasteiger partial charge >= 0.3 is 0 Å². The summed E-state index contributed by atoms with van der Waals surface area (Å²) in [5, 5.41) is 0. The minimum Gasteiger partial charge on any atom is -0.392 e. The number of hydrogen-bond donors (Lipinski definition) is 1. The molecule has 0 bridgehead atoms. The fraction of sp³-hybridized carbons (Fsp3) is 0.0909. The summed E-state index contributed by atoms with van der Waals surface area (Å²) in [5.74, 6) is 2.37. The molecule has 60 valence electrons. The van der Waals surface area contributed by atoms with Gasteiger partial charge in [0.15, 0.2) is 0 Å². The SMILES string of the molecule is C#C/C(N)=C\c1ccc(C)cc1. The third-order valence-corrected chi connectivity index (χ3v) is 1.57. The first-order chi connectivity index (χ1) is 5.72. The van der Waals surface area contributed by atoms with Crippen molar-refractivity contribution >= 4 is 6.08 Å². The molecule has 2 N–H and O–H groups in total. The van der Waals surface area contributed by atoms with Gasteiger partial charge in [-0.2, -0.15) is 0 Å². The Morgan fingerprint density at radius 2 is 2.00 bits per heavy atom. The Labute approximate surface area is 72.9 Å².